The molecule has 0 spiro atoms. The molecular formula is C13H17N3O2. The van der Waals surface area contributed by atoms with Crippen molar-refractivity contribution in [1.29, 1.82) is 0 Å². The summed E-state index contributed by atoms with van der Waals surface area (Å²) in [6.45, 7) is 5.27. The SMILES string of the molecule is CCOc1cncc(C(O)c2cnn(CC)c2)c1. The fourth-order valence-electron chi connectivity index (χ4n) is 1.72. The predicted octanol–water partition coefficient (Wildman–Crippen LogP) is 1.78. The Hall–Kier alpha value is -1.88. The van der Waals surface area contributed by atoms with Crippen LogP contribution in [0.4, 0.5) is 0 Å². The lowest BCUT2D eigenvalue weighted by Gasteiger charge is -2.10. The number of aromatic nitrogens is 3. The summed E-state index contributed by atoms with van der Waals surface area (Å²) in [5.74, 6) is 0.664. The van der Waals surface area contributed by atoms with Crippen molar-refractivity contribution in [3.63, 3.8) is 0 Å². The Morgan fingerprint density at radius 1 is 1.28 bits per heavy atom. The molecule has 2 rings (SSSR count). The molecule has 18 heavy (non-hydrogen) atoms. The summed E-state index contributed by atoms with van der Waals surface area (Å²) >= 11 is 0. The van der Waals surface area contributed by atoms with E-state index in [2.05, 4.69) is 10.1 Å². The minimum Gasteiger partial charge on any atom is -0.492 e. The number of hydrogen-bond acceptors (Lipinski definition) is 4. The van der Waals surface area contributed by atoms with E-state index in [1.54, 1.807) is 29.3 Å². The van der Waals surface area contributed by atoms with Crippen molar-refractivity contribution < 1.29 is 9.84 Å². The molecule has 2 heterocycles. The number of ether oxygens (including phenoxy) is 1. The van der Waals surface area contributed by atoms with Crippen LogP contribution in [-0.4, -0.2) is 26.5 Å². The Morgan fingerprint density at radius 2 is 2.11 bits per heavy atom. The molecule has 0 aliphatic rings. The Labute approximate surface area is 106 Å². The van der Waals surface area contributed by atoms with E-state index in [-0.39, 0.29) is 0 Å². The van der Waals surface area contributed by atoms with Gasteiger partial charge in [0.05, 0.1) is 19.0 Å². The van der Waals surface area contributed by atoms with E-state index in [9.17, 15) is 5.11 Å². The van der Waals surface area contributed by atoms with Crippen LogP contribution in [0.15, 0.2) is 30.9 Å². The van der Waals surface area contributed by atoms with Crippen LogP contribution in [0.3, 0.4) is 0 Å². The van der Waals surface area contributed by atoms with E-state index >= 15 is 0 Å². The van der Waals surface area contributed by atoms with Gasteiger partial charge in [0, 0.05) is 30.1 Å². The Bertz CT molecular complexity index is 510. The first-order chi connectivity index (χ1) is 8.74. The van der Waals surface area contributed by atoms with Crippen LogP contribution < -0.4 is 4.74 Å². The lowest BCUT2D eigenvalue weighted by atomic mass is 10.1. The molecule has 0 saturated heterocycles. The third kappa shape index (κ3) is 2.68. The molecular weight excluding hydrogens is 230 g/mol. The molecule has 0 aromatic carbocycles. The molecule has 1 N–H and O–H groups in total. The molecule has 0 bridgehead atoms. The van der Waals surface area contributed by atoms with Gasteiger partial charge in [0.1, 0.15) is 11.9 Å². The molecule has 0 radical (unpaired) electrons. The van der Waals surface area contributed by atoms with Gasteiger partial charge in [-0.2, -0.15) is 5.10 Å². The molecule has 0 aliphatic carbocycles. The molecule has 5 nitrogen and oxygen atoms in total. The van der Waals surface area contributed by atoms with Crippen molar-refractivity contribution in [2.45, 2.75) is 26.5 Å². The Balaban J connectivity index is 2.21. The topological polar surface area (TPSA) is 60.2 Å². The van der Waals surface area contributed by atoms with Gasteiger partial charge in [0.2, 0.25) is 0 Å². The summed E-state index contributed by atoms with van der Waals surface area (Å²) in [7, 11) is 0. The van der Waals surface area contributed by atoms with E-state index in [1.165, 1.54) is 0 Å². The second-order valence-electron chi connectivity index (χ2n) is 3.92. The van der Waals surface area contributed by atoms with Crippen LogP contribution in [0.5, 0.6) is 5.75 Å². The van der Waals surface area contributed by atoms with Crippen LogP contribution >= 0.6 is 0 Å². The van der Waals surface area contributed by atoms with Gasteiger partial charge >= 0.3 is 0 Å². The highest BCUT2D eigenvalue weighted by Gasteiger charge is 2.13. The molecule has 5 heteroatoms. The zero-order valence-corrected chi connectivity index (χ0v) is 10.6. The van der Waals surface area contributed by atoms with Gasteiger partial charge in [-0.25, -0.2) is 0 Å². The summed E-state index contributed by atoms with van der Waals surface area (Å²) in [6.07, 6.45) is 6.05. The monoisotopic (exact) mass is 247 g/mol. The van der Waals surface area contributed by atoms with E-state index in [1.807, 2.05) is 20.0 Å². The lowest BCUT2D eigenvalue weighted by molar-refractivity contribution is 0.219. The molecule has 1 atom stereocenters. The Kier molecular flexibility index (Phi) is 3.94. The van der Waals surface area contributed by atoms with E-state index in [4.69, 9.17) is 4.74 Å². The number of hydrogen-bond donors (Lipinski definition) is 1. The zero-order chi connectivity index (χ0) is 13.0. The van der Waals surface area contributed by atoms with Crippen LogP contribution in [0.25, 0.3) is 0 Å². The van der Waals surface area contributed by atoms with Gasteiger partial charge in [-0.15, -0.1) is 0 Å². The number of nitrogens with zero attached hydrogens (tertiary/aromatic N) is 3. The smallest absolute Gasteiger partial charge is 0.137 e. The number of rotatable bonds is 5. The van der Waals surface area contributed by atoms with Gasteiger partial charge in [-0.05, 0) is 19.9 Å². The molecule has 96 valence electrons. The largest absolute Gasteiger partial charge is 0.492 e. The summed E-state index contributed by atoms with van der Waals surface area (Å²) in [5.41, 5.74) is 1.46. The van der Waals surface area contributed by atoms with Gasteiger partial charge < -0.3 is 9.84 Å². The summed E-state index contributed by atoms with van der Waals surface area (Å²) < 4.78 is 7.14. The number of aliphatic hydroxyl groups is 1. The van der Waals surface area contributed by atoms with E-state index in [0.29, 0.717) is 17.9 Å². The number of aliphatic hydroxyl groups excluding tert-OH is 1. The summed E-state index contributed by atoms with van der Waals surface area (Å²) in [6, 6.07) is 1.80. The second kappa shape index (κ2) is 5.64. The third-order valence-corrected chi connectivity index (χ3v) is 2.65. The maximum Gasteiger partial charge on any atom is 0.137 e. The maximum atomic E-state index is 10.2. The highest BCUT2D eigenvalue weighted by molar-refractivity contribution is 5.30. The quantitative estimate of drug-likeness (QED) is 0.875. The van der Waals surface area contributed by atoms with Gasteiger partial charge in [0.25, 0.3) is 0 Å². The van der Waals surface area contributed by atoms with E-state index < -0.39 is 6.10 Å². The van der Waals surface area contributed by atoms with Crippen LogP contribution in [0.1, 0.15) is 31.1 Å². The molecule has 0 fully saturated rings. The van der Waals surface area contributed by atoms with Crippen molar-refractivity contribution in [3.8, 4) is 5.75 Å². The van der Waals surface area contributed by atoms with Crippen molar-refractivity contribution in [1.82, 2.24) is 14.8 Å². The highest BCUT2D eigenvalue weighted by Crippen LogP contribution is 2.23. The van der Waals surface area contributed by atoms with Crippen LogP contribution in [-0.2, 0) is 6.54 Å². The van der Waals surface area contributed by atoms with Crippen LogP contribution in [0, 0.1) is 0 Å². The van der Waals surface area contributed by atoms with Crippen molar-refractivity contribution in [2.75, 3.05) is 6.61 Å². The van der Waals surface area contributed by atoms with Gasteiger partial charge in [0.15, 0.2) is 0 Å². The first-order valence-electron chi connectivity index (χ1n) is 6.02. The van der Waals surface area contributed by atoms with Crippen molar-refractivity contribution in [3.05, 3.63) is 42.0 Å². The summed E-state index contributed by atoms with van der Waals surface area (Å²) in [5, 5.41) is 14.4. The standard InChI is InChI=1S/C13H17N3O2/c1-3-16-9-11(7-15-16)13(17)10-5-12(18-4-2)8-14-6-10/h5-9,13,17H,3-4H2,1-2H3. The average Bonchev–Trinajstić information content (AvgIpc) is 2.87. The molecule has 0 saturated carbocycles. The highest BCUT2D eigenvalue weighted by atomic mass is 16.5. The number of pyridine rings is 1. The predicted molar refractivity (Wildman–Crippen MR) is 67.4 cm³/mol. The molecule has 0 aliphatic heterocycles. The first kappa shape index (κ1) is 12.6. The minimum absolute atomic E-state index is 0.578. The molecule has 1 unspecified atom stereocenters. The van der Waals surface area contributed by atoms with E-state index in [0.717, 1.165) is 12.1 Å². The van der Waals surface area contributed by atoms with Crippen LogP contribution in [0.2, 0.25) is 0 Å². The van der Waals surface area contributed by atoms with Gasteiger partial charge in [-0.3, -0.25) is 9.67 Å². The molecule has 0 amide bonds. The molecule has 2 aromatic rings. The first-order valence-corrected chi connectivity index (χ1v) is 6.02. The number of aryl methyl sites for hydroxylation is 1. The zero-order valence-electron chi connectivity index (χ0n) is 10.6. The lowest BCUT2D eigenvalue weighted by Crippen LogP contribution is -2.01. The normalized spacial score (nSPS) is 12.4. The average molecular weight is 247 g/mol. The van der Waals surface area contributed by atoms with Crippen molar-refractivity contribution in [2.24, 2.45) is 0 Å². The fourth-order valence-corrected chi connectivity index (χ4v) is 1.72. The molecule has 2 aromatic heterocycles. The third-order valence-electron chi connectivity index (χ3n) is 2.65. The minimum atomic E-state index is -0.724. The van der Waals surface area contributed by atoms with Gasteiger partial charge in [-0.1, -0.05) is 0 Å². The maximum absolute atomic E-state index is 10.2. The van der Waals surface area contributed by atoms with Crippen molar-refractivity contribution >= 4 is 0 Å². The second-order valence-corrected chi connectivity index (χ2v) is 3.92. The Morgan fingerprint density at radius 3 is 2.78 bits per heavy atom. The fraction of sp³-hybridized carbons (Fsp3) is 0.385. The summed E-state index contributed by atoms with van der Waals surface area (Å²) in [4.78, 5) is 4.06.